The van der Waals surface area contributed by atoms with E-state index < -0.39 is 17.4 Å². The zero-order chi connectivity index (χ0) is 13.3. The van der Waals surface area contributed by atoms with Gasteiger partial charge in [0.05, 0.1) is 4.88 Å². The lowest BCUT2D eigenvalue weighted by molar-refractivity contribution is -0.148. The first-order chi connectivity index (χ1) is 8.44. The van der Waals surface area contributed by atoms with Crippen LogP contribution in [0.2, 0.25) is 0 Å². The third-order valence-corrected chi connectivity index (χ3v) is 4.13. The quantitative estimate of drug-likeness (QED) is 0.813. The van der Waals surface area contributed by atoms with Gasteiger partial charge in [0.2, 0.25) is 0 Å². The number of carbonyl (C=O) groups is 3. The fourth-order valence-electron chi connectivity index (χ4n) is 1.84. The van der Waals surface area contributed by atoms with E-state index >= 15 is 0 Å². The summed E-state index contributed by atoms with van der Waals surface area (Å²) in [5.41, 5.74) is -0.639. The number of amides is 1. The van der Waals surface area contributed by atoms with Gasteiger partial charge >= 0.3 is 5.97 Å². The minimum absolute atomic E-state index is 0.109. The van der Waals surface area contributed by atoms with Gasteiger partial charge in [-0.2, -0.15) is 0 Å². The molecule has 1 aromatic rings. The molecule has 1 aliphatic rings. The molecule has 18 heavy (non-hydrogen) atoms. The molecule has 1 fully saturated rings. The lowest BCUT2D eigenvalue weighted by Gasteiger charge is -2.38. The molecule has 0 radical (unpaired) electrons. The molecule has 0 atom stereocenters. The summed E-state index contributed by atoms with van der Waals surface area (Å²) in [4.78, 5) is 34.5. The summed E-state index contributed by atoms with van der Waals surface area (Å²) in [6.07, 6.45) is 1.72. The number of aliphatic carboxylic acids is 1. The number of nitrogens with one attached hydrogen (secondary N) is 1. The SMILES string of the molecule is CC(=O)c1csc(C(=O)NC2(C(=O)O)CCC2)c1. The zero-order valence-corrected chi connectivity index (χ0v) is 10.7. The van der Waals surface area contributed by atoms with Crippen LogP contribution in [0, 0.1) is 0 Å². The number of Topliss-reactive ketones (excluding diaryl/α,β-unsaturated/α-hetero) is 1. The highest BCUT2D eigenvalue weighted by Gasteiger charge is 2.45. The maximum Gasteiger partial charge on any atom is 0.329 e. The molecule has 1 aromatic heterocycles. The van der Waals surface area contributed by atoms with E-state index in [1.807, 2.05) is 0 Å². The maximum atomic E-state index is 11.9. The van der Waals surface area contributed by atoms with E-state index in [2.05, 4.69) is 5.32 Å². The van der Waals surface area contributed by atoms with Crippen molar-refractivity contribution in [3.63, 3.8) is 0 Å². The lowest BCUT2D eigenvalue weighted by atomic mass is 9.77. The van der Waals surface area contributed by atoms with Gasteiger partial charge in [-0.15, -0.1) is 11.3 Å². The van der Waals surface area contributed by atoms with Crippen molar-refractivity contribution >= 4 is 29.0 Å². The van der Waals surface area contributed by atoms with E-state index in [1.54, 1.807) is 5.38 Å². The third-order valence-electron chi connectivity index (χ3n) is 3.20. The molecule has 1 aliphatic carbocycles. The normalized spacial score (nSPS) is 16.7. The first-order valence-electron chi connectivity index (χ1n) is 5.60. The van der Waals surface area contributed by atoms with Crippen molar-refractivity contribution in [3.05, 3.63) is 21.9 Å². The first-order valence-corrected chi connectivity index (χ1v) is 6.48. The van der Waals surface area contributed by atoms with Crippen LogP contribution in [0.25, 0.3) is 0 Å². The second-order valence-electron chi connectivity index (χ2n) is 4.45. The summed E-state index contributed by atoms with van der Waals surface area (Å²) in [6, 6.07) is 1.50. The van der Waals surface area contributed by atoms with Crippen LogP contribution >= 0.6 is 11.3 Å². The predicted octanol–water partition coefficient (Wildman–Crippen LogP) is 1.69. The van der Waals surface area contributed by atoms with E-state index in [9.17, 15) is 14.4 Å². The fraction of sp³-hybridized carbons (Fsp3) is 0.417. The standard InChI is InChI=1S/C12H13NO4S/c1-7(14)8-5-9(18-6-8)10(15)13-12(11(16)17)3-2-4-12/h5-6H,2-4H2,1H3,(H,13,15)(H,16,17). The molecule has 0 aromatic carbocycles. The number of hydrogen-bond donors (Lipinski definition) is 2. The predicted molar refractivity (Wildman–Crippen MR) is 66.0 cm³/mol. The van der Waals surface area contributed by atoms with Crippen LogP contribution in [0.1, 0.15) is 46.2 Å². The monoisotopic (exact) mass is 267 g/mol. The van der Waals surface area contributed by atoms with Gasteiger partial charge in [-0.3, -0.25) is 9.59 Å². The molecule has 1 amide bonds. The molecular weight excluding hydrogens is 254 g/mol. The summed E-state index contributed by atoms with van der Waals surface area (Å²) in [5, 5.41) is 13.3. The van der Waals surface area contributed by atoms with Crippen molar-refractivity contribution in [2.45, 2.75) is 31.7 Å². The van der Waals surface area contributed by atoms with Crippen molar-refractivity contribution in [2.24, 2.45) is 0 Å². The van der Waals surface area contributed by atoms with Gasteiger partial charge in [-0.05, 0) is 32.3 Å². The van der Waals surface area contributed by atoms with Crippen LogP contribution in [0.3, 0.4) is 0 Å². The Bertz CT molecular complexity index is 516. The summed E-state index contributed by atoms with van der Waals surface area (Å²) in [6.45, 7) is 1.43. The van der Waals surface area contributed by atoms with Gasteiger partial charge in [-0.25, -0.2) is 4.79 Å². The van der Waals surface area contributed by atoms with Crippen LogP contribution < -0.4 is 5.32 Å². The third kappa shape index (κ3) is 2.15. The number of hydrogen-bond acceptors (Lipinski definition) is 4. The number of carboxylic acids is 1. The van der Waals surface area contributed by atoms with E-state index in [4.69, 9.17) is 5.11 Å². The van der Waals surface area contributed by atoms with E-state index in [-0.39, 0.29) is 5.78 Å². The van der Waals surface area contributed by atoms with Crippen molar-refractivity contribution in [2.75, 3.05) is 0 Å². The molecular formula is C12H13NO4S. The molecule has 1 heterocycles. The molecule has 2 rings (SSSR count). The summed E-state index contributed by atoms with van der Waals surface area (Å²) >= 11 is 1.15. The van der Waals surface area contributed by atoms with Crippen molar-refractivity contribution < 1.29 is 19.5 Å². The Balaban J connectivity index is 2.12. The Morgan fingerprint density at radius 1 is 1.39 bits per heavy atom. The molecule has 0 unspecified atom stereocenters. The summed E-state index contributed by atoms with van der Waals surface area (Å²) in [7, 11) is 0. The molecule has 0 spiro atoms. The zero-order valence-electron chi connectivity index (χ0n) is 9.86. The average Bonchev–Trinajstić information content (AvgIpc) is 2.71. The number of rotatable bonds is 4. The Hall–Kier alpha value is -1.69. The maximum absolute atomic E-state index is 11.9. The van der Waals surface area contributed by atoms with Crippen LogP contribution in [-0.4, -0.2) is 28.3 Å². The molecule has 0 bridgehead atoms. The number of ketones is 1. The van der Waals surface area contributed by atoms with Crippen molar-refractivity contribution in [1.82, 2.24) is 5.32 Å². The van der Waals surface area contributed by atoms with Crippen LogP contribution in [0.15, 0.2) is 11.4 Å². The van der Waals surface area contributed by atoms with Crippen LogP contribution in [-0.2, 0) is 4.79 Å². The minimum atomic E-state index is -1.11. The Morgan fingerprint density at radius 3 is 2.44 bits per heavy atom. The number of thiophene rings is 1. The van der Waals surface area contributed by atoms with Crippen molar-refractivity contribution in [3.8, 4) is 0 Å². The number of carbonyl (C=O) groups excluding carboxylic acids is 2. The minimum Gasteiger partial charge on any atom is -0.480 e. The fourth-order valence-corrected chi connectivity index (χ4v) is 2.68. The first kappa shape index (κ1) is 12.8. The smallest absolute Gasteiger partial charge is 0.329 e. The Labute approximate surface area is 108 Å². The van der Waals surface area contributed by atoms with E-state index in [0.717, 1.165) is 17.8 Å². The Morgan fingerprint density at radius 2 is 2.06 bits per heavy atom. The molecule has 1 saturated carbocycles. The molecule has 2 N–H and O–H groups in total. The van der Waals surface area contributed by atoms with Crippen molar-refractivity contribution in [1.29, 1.82) is 0 Å². The average molecular weight is 267 g/mol. The van der Waals surface area contributed by atoms with E-state index in [1.165, 1.54) is 13.0 Å². The van der Waals surface area contributed by atoms with Gasteiger partial charge in [-0.1, -0.05) is 0 Å². The highest BCUT2D eigenvalue weighted by atomic mass is 32.1. The number of carboxylic acid groups (broad SMARTS) is 1. The summed E-state index contributed by atoms with van der Waals surface area (Å²) < 4.78 is 0. The highest BCUT2D eigenvalue weighted by molar-refractivity contribution is 7.12. The van der Waals surface area contributed by atoms with E-state index in [0.29, 0.717) is 23.3 Å². The molecule has 5 nitrogen and oxygen atoms in total. The van der Waals surface area contributed by atoms with Crippen LogP contribution in [0.4, 0.5) is 0 Å². The van der Waals surface area contributed by atoms with Gasteiger partial charge in [0, 0.05) is 10.9 Å². The Kier molecular flexibility index (Phi) is 3.21. The lowest BCUT2D eigenvalue weighted by Crippen LogP contribution is -2.59. The summed E-state index contributed by atoms with van der Waals surface area (Å²) in [5.74, 6) is -1.53. The molecule has 0 aliphatic heterocycles. The topological polar surface area (TPSA) is 83.5 Å². The molecule has 0 saturated heterocycles. The van der Waals surface area contributed by atoms with Gasteiger partial charge in [0.15, 0.2) is 5.78 Å². The molecule has 96 valence electrons. The second-order valence-corrected chi connectivity index (χ2v) is 5.36. The van der Waals surface area contributed by atoms with Gasteiger partial charge in [0.25, 0.3) is 5.91 Å². The molecule has 6 heteroatoms. The van der Waals surface area contributed by atoms with Gasteiger partial charge < -0.3 is 10.4 Å². The highest BCUT2D eigenvalue weighted by Crippen LogP contribution is 2.32. The second kappa shape index (κ2) is 4.53. The largest absolute Gasteiger partial charge is 0.480 e. The van der Waals surface area contributed by atoms with Crippen LogP contribution in [0.5, 0.6) is 0 Å². The van der Waals surface area contributed by atoms with Gasteiger partial charge in [0.1, 0.15) is 5.54 Å².